The van der Waals surface area contributed by atoms with E-state index >= 15 is 0 Å². The van der Waals surface area contributed by atoms with Crippen LogP contribution >= 0.6 is 11.6 Å². The molecule has 2 heterocycles. The summed E-state index contributed by atoms with van der Waals surface area (Å²) >= 11 is 5.94. The predicted octanol–water partition coefficient (Wildman–Crippen LogP) is 3.41. The Morgan fingerprint density at radius 3 is 2.61 bits per heavy atom. The zero-order valence-electron chi connectivity index (χ0n) is 14.5. The van der Waals surface area contributed by atoms with E-state index in [2.05, 4.69) is 24.8 Å². The summed E-state index contributed by atoms with van der Waals surface area (Å²) in [6, 6.07) is 1.02. The van der Waals surface area contributed by atoms with Gasteiger partial charge in [0.1, 0.15) is 0 Å². The molecule has 0 bridgehead atoms. The highest BCUT2D eigenvalue weighted by molar-refractivity contribution is 6.76. The SMILES string of the molecule is CC1(CCl)CC(C2[C@H]3CN(C(=O)OCC[Si](C)(C)C)C[C@@H]23)=NO1. The number of oxime groups is 1. The molecule has 130 valence electrons. The minimum atomic E-state index is -1.15. The number of carbonyl (C=O) groups excluding carboxylic acids is 1. The molecule has 1 saturated carbocycles. The van der Waals surface area contributed by atoms with Crippen LogP contribution in [-0.4, -0.2) is 56.0 Å². The van der Waals surface area contributed by atoms with E-state index in [1.54, 1.807) is 0 Å². The fourth-order valence-electron chi connectivity index (χ4n) is 3.57. The first-order valence-electron chi connectivity index (χ1n) is 8.45. The van der Waals surface area contributed by atoms with Crippen molar-refractivity contribution in [2.24, 2.45) is 22.9 Å². The number of alkyl halides is 1. The van der Waals surface area contributed by atoms with Crippen molar-refractivity contribution < 1.29 is 14.4 Å². The molecule has 0 spiro atoms. The van der Waals surface area contributed by atoms with Crippen LogP contribution in [0.3, 0.4) is 0 Å². The van der Waals surface area contributed by atoms with E-state index in [1.165, 1.54) is 0 Å². The highest BCUT2D eigenvalue weighted by atomic mass is 35.5. The van der Waals surface area contributed by atoms with Gasteiger partial charge in [0.2, 0.25) is 0 Å². The van der Waals surface area contributed by atoms with Gasteiger partial charge in [-0.05, 0) is 24.8 Å². The molecule has 7 heteroatoms. The Morgan fingerprint density at radius 2 is 2.09 bits per heavy atom. The van der Waals surface area contributed by atoms with E-state index in [4.69, 9.17) is 21.2 Å². The fourth-order valence-corrected chi connectivity index (χ4v) is 4.43. The maximum atomic E-state index is 12.1. The Hall–Kier alpha value is -0.753. The van der Waals surface area contributed by atoms with Gasteiger partial charge in [0.05, 0.1) is 18.2 Å². The third kappa shape index (κ3) is 3.68. The lowest BCUT2D eigenvalue weighted by Gasteiger charge is -2.21. The number of hydrogen-bond donors (Lipinski definition) is 0. The highest BCUT2D eigenvalue weighted by Crippen LogP contribution is 2.54. The highest BCUT2D eigenvalue weighted by Gasteiger charge is 2.60. The zero-order chi connectivity index (χ0) is 16.8. The molecule has 1 aliphatic carbocycles. The molecule has 2 aliphatic heterocycles. The smallest absolute Gasteiger partial charge is 0.409 e. The molecule has 1 saturated heterocycles. The number of rotatable bonds is 5. The molecule has 3 rings (SSSR count). The van der Waals surface area contributed by atoms with Crippen LogP contribution in [0.2, 0.25) is 25.7 Å². The Labute approximate surface area is 144 Å². The maximum absolute atomic E-state index is 12.1. The van der Waals surface area contributed by atoms with Crippen molar-refractivity contribution >= 4 is 31.5 Å². The minimum absolute atomic E-state index is 0.149. The van der Waals surface area contributed by atoms with Gasteiger partial charge in [-0.3, -0.25) is 0 Å². The molecule has 0 N–H and O–H groups in total. The Balaban J connectivity index is 1.42. The number of hydrogen-bond acceptors (Lipinski definition) is 4. The molecule has 1 amide bonds. The second-order valence-corrected chi connectivity index (χ2v) is 14.5. The van der Waals surface area contributed by atoms with Gasteiger partial charge >= 0.3 is 6.09 Å². The number of halogens is 1. The first kappa shape index (κ1) is 17.1. The molecule has 2 fully saturated rings. The third-order valence-electron chi connectivity index (χ3n) is 5.14. The Morgan fingerprint density at radius 1 is 1.43 bits per heavy atom. The number of likely N-dealkylation sites (tertiary alicyclic amines) is 1. The summed E-state index contributed by atoms with van der Waals surface area (Å²) < 4.78 is 5.43. The second-order valence-electron chi connectivity index (χ2n) is 8.62. The van der Waals surface area contributed by atoms with Crippen molar-refractivity contribution in [1.29, 1.82) is 0 Å². The van der Waals surface area contributed by atoms with Gasteiger partial charge in [-0.15, -0.1) is 11.6 Å². The first-order valence-corrected chi connectivity index (χ1v) is 12.7. The summed E-state index contributed by atoms with van der Waals surface area (Å²) in [5.74, 6) is 1.99. The fraction of sp³-hybridized carbons (Fsp3) is 0.875. The largest absolute Gasteiger partial charge is 0.450 e. The van der Waals surface area contributed by atoms with E-state index in [0.717, 1.165) is 31.3 Å². The number of ether oxygens (including phenoxy) is 1. The van der Waals surface area contributed by atoms with Crippen LogP contribution in [0.25, 0.3) is 0 Å². The molecule has 5 nitrogen and oxygen atoms in total. The number of nitrogens with zero attached hydrogens (tertiary/aromatic N) is 2. The van der Waals surface area contributed by atoms with Crippen molar-refractivity contribution in [3.05, 3.63) is 0 Å². The van der Waals surface area contributed by atoms with Crippen LogP contribution in [0.1, 0.15) is 13.3 Å². The van der Waals surface area contributed by atoms with Crippen molar-refractivity contribution in [3.63, 3.8) is 0 Å². The van der Waals surface area contributed by atoms with Gasteiger partial charge in [0.25, 0.3) is 0 Å². The molecule has 0 aromatic heterocycles. The van der Waals surface area contributed by atoms with Gasteiger partial charge in [0.15, 0.2) is 5.60 Å². The summed E-state index contributed by atoms with van der Waals surface area (Å²) in [6.07, 6.45) is 0.666. The lowest BCUT2D eigenvalue weighted by Crippen LogP contribution is -2.34. The van der Waals surface area contributed by atoms with Crippen LogP contribution in [0.5, 0.6) is 0 Å². The maximum Gasteiger partial charge on any atom is 0.409 e. The van der Waals surface area contributed by atoms with Gasteiger partial charge in [-0.1, -0.05) is 24.8 Å². The monoisotopic (exact) mass is 358 g/mol. The average molecular weight is 359 g/mol. The van der Waals surface area contributed by atoms with Crippen LogP contribution < -0.4 is 0 Å². The van der Waals surface area contributed by atoms with Crippen LogP contribution in [-0.2, 0) is 9.57 Å². The van der Waals surface area contributed by atoms with Gasteiger partial charge in [0, 0.05) is 33.5 Å². The van der Waals surface area contributed by atoms with Crippen molar-refractivity contribution in [3.8, 4) is 0 Å². The van der Waals surface area contributed by atoms with Crippen molar-refractivity contribution in [1.82, 2.24) is 4.90 Å². The van der Waals surface area contributed by atoms with E-state index in [0.29, 0.717) is 30.2 Å². The quantitative estimate of drug-likeness (QED) is 0.559. The molecule has 0 radical (unpaired) electrons. The molecule has 2 unspecified atom stereocenters. The summed E-state index contributed by atoms with van der Waals surface area (Å²) in [7, 11) is -1.15. The number of piperidine rings is 1. The van der Waals surface area contributed by atoms with Gasteiger partial charge in [-0.25, -0.2) is 4.79 Å². The molecule has 0 aromatic carbocycles. The number of carbonyl (C=O) groups is 1. The lowest BCUT2D eigenvalue weighted by molar-refractivity contribution is 0.0152. The minimum Gasteiger partial charge on any atom is -0.450 e. The summed E-state index contributed by atoms with van der Waals surface area (Å²) in [4.78, 5) is 19.5. The van der Waals surface area contributed by atoms with Crippen LogP contribution in [0, 0.1) is 17.8 Å². The molecular weight excluding hydrogens is 332 g/mol. The zero-order valence-corrected chi connectivity index (χ0v) is 16.2. The Kier molecular flexibility index (Phi) is 4.42. The van der Waals surface area contributed by atoms with Crippen LogP contribution in [0.4, 0.5) is 4.79 Å². The molecule has 4 atom stereocenters. The Bertz CT molecular complexity index is 510. The topological polar surface area (TPSA) is 51.1 Å². The lowest BCUT2D eigenvalue weighted by atomic mass is 9.98. The summed E-state index contributed by atoms with van der Waals surface area (Å²) in [6.45, 7) is 11.0. The first-order chi connectivity index (χ1) is 10.7. The third-order valence-corrected chi connectivity index (χ3v) is 7.41. The van der Waals surface area contributed by atoms with E-state index in [-0.39, 0.29) is 11.7 Å². The van der Waals surface area contributed by atoms with Gasteiger partial charge in [-0.2, -0.15) is 0 Å². The average Bonchev–Trinajstić information content (AvgIpc) is 2.85. The predicted molar refractivity (Wildman–Crippen MR) is 93.8 cm³/mol. The normalized spacial score (nSPS) is 35.6. The second kappa shape index (κ2) is 5.95. The van der Waals surface area contributed by atoms with Crippen LogP contribution in [0.15, 0.2) is 5.16 Å². The van der Waals surface area contributed by atoms with E-state index in [9.17, 15) is 4.79 Å². The van der Waals surface area contributed by atoms with Crippen molar-refractivity contribution in [2.75, 3.05) is 25.6 Å². The molecule has 23 heavy (non-hydrogen) atoms. The molecule has 3 aliphatic rings. The number of fused-ring (bicyclic) bond motifs is 1. The van der Waals surface area contributed by atoms with Crippen molar-refractivity contribution in [2.45, 2.75) is 44.6 Å². The standard InChI is InChI=1S/C16H27ClN2O3Si/c1-16(10-17)7-13(18-22-16)14-11-8-19(9-12(11)14)15(20)21-5-6-23(2,3)4/h11-12,14H,5-10H2,1-4H3/t11-,12+,14?,16?. The van der Waals surface area contributed by atoms with Gasteiger partial charge < -0.3 is 14.5 Å². The van der Waals surface area contributed by atoms with E-state index < -0.39 is 8.07 Å². The van der Waals surface area contributed by atoms with E-state index in [1.807, 2.05) is 11.8 Å². The molecule has 0 aromatic rings. The molecular formula is C16H27ClN2O3Si. The summed E-state index contributed by atoms with van der Waals surface area (Å²) in [5.41, 5.74) is 0.790. The summed E-state index contributed by atoms with van der Waals surface area (Å²) in [5, 5.41) is 4.25. The number of amides is 1.